The largest absolute Gasteiger partial charge is 0.328 e. The second kappa shape index (κ2) is 3.68. The summed E-state index contributed by atoms with van der Waals surface area (Å²) in [7, 11) is 0. The highest BCUT2D eigenvalue weighted by atomic mass is 32.1. The lowest BCUT2D eigenvalue weighted by Crippen LogP contribution is -2.16. The lowest BCUT2D eigenvalue weighted by Gasteiger charge is -2.00. The Kier molecular flexibility index (Phi) is 2.83. The van der Waals surface area contributed by atoms with Crippen LogP contribution in [0.5, 0.6) is 0 Å². The van der Waals surface area contributed by atoms with E-state index in [2.05, 4.69) is 0 Å². The molecule has 0 spiro atoms. The summed E-state index contributed by atoms with van der Waals surface area (Å²) in [6, 6.07) is 3.84. The summed E-state index contributed by atoms with van der Waals surface area (Å²) in [5.41, 5.74) is 5.12. The van der Waals surface area contributed by atoms with Gasteiger partial charge in [-0.1, -0.05) is 6.07 Å². The van der Waals surface area contributed by atoms with Gasteiger partial charge < -0.3 is 5.73 Å². The molecular weight excluding hydrogens is 149 g/mol. The molecule has 0 amide bonds. The fourth-order valence-electron chi connectivity index (χ4n) is 0.730. The number of hydrogen-bond donors (Lipinski definition) is 1. The van der Waals surface area contributed by atoms with E-state index in [9.17, 15) is 4.39 Å². The number of thiophene rings is 1. The summed E-state index contributed by atoms with van der Waals surface area (Å²) < 4.78 is 12.6. The van der Waals surface area contributed by atoms with Crippen molar-refractivity contribution in [2.24, 2.45) is 5.73 Å². The van der Waals surface area contributed by atoms with Gasteiger partial charge in [0, 0.05) is 17.8 Å². The minimum Gasteiger partial charge on any atom is -0.328 e. The van der Waals surface area contributed by atoms with Gasteiger partial charge in [0.15, 0.2) is 0 Å². The fourth-order valence-corrected chi connectivity index (χ4v) is 1.50. The molecule has 0 aliphatic heterocycles. The van der Waals surface area contributed by atoms with Crippen LogP contribution < -0.4 is 5.73 Å². The zero-order valence-electron chi connectivity index (χ0n) is 5.59. The monoisotopic (exact) mass is 159 g/mol. The average molecular weight is 159 g/mol. The molecule has 1 heterocycles. The molecule has 2 N–H and O–H groups in total. The first-order chi connectivity index (χ1) is 4.83. The van der Waals surface area contributed by atoms with E-state index < -0.39 is 6.17 Å². The summed E-state index contributed by atoms with van der Waals surface area (Å²) in [6.45, 7) is 0.123. The molecule has 0 radical (unpaired) electrons. The molecule has 10 heavy (non-hydrogen) atoms. The summed E-state index contributed by atoms with van der Waals surface area (Å²) in [5, 5.41) is 1.94. The van der Waals surface area contributed by atoms with E-state index in [0.717, 1.165) is 4.88 Å². The van der Waals surface area contributed by atoms with E-state index in [1.54, 1.807) is 11.3 Å². The van der Waals surface area contributed by atoms with E-state index in [1.807, 2.05) is 17.5 Å². The summed E-state index contributed by atoms with van der Waals surface area (Å²) >= 11 is 1.57. The molecule has 0 bridgehead atoms. The quantitative estimate of drug-likeness (QED) is 0.712. The molecule has 1 atom stereocenters. The predicted molar refractivity (Wildman–Crippen MR) is 42.0 cm³/mol. The first-order valence-corrected chi connectivity index (χ1v) is 4.07. The maximum Gasteiger partial charge on any atom is 0.117 e. The van der Waals surface area contributed by atoms with E-state index in [1.165, 1.54) is 0 Å². The zero-order chi connectivity index (χ0) is 7.40. The van der Waals surface area contributed by atoms with Gasteiger partial charge in [0.1, 0.15) is 6.17 Å². The molecule has 1 aromatic rings. The van der Waals surface area contributed by atoms with Crippen LogP contribution in [0.3, 0.4) is 0 Å². The van der Waals surface area contributed by atoms with Gasteiger partial charge in [-0.3, -0.25) is 0 Å². The number of nitrogens with two attached hydrogens (primary N) is 1. The maximum atomic E-state index is 12.6. The van der Waals surface area contributed by atoms with Crippen LogP contribution in [-0.2, 0) is 6.42 Å². The lowest BCUT2D eigenvalue weighted by molar-refractivity contribution is 0.342. The van der Waals surface area contributed by atoms with Gasteiger partial charge in [-0.15, -0.1) is 11.3 Å². The van der Waals surface area contributed by atoms with Crippen molar-refractivity contribution in [3.63, 3.8) is 0 Å². The average Bonchev–Trinajstić information content (AvgIpc) is 2.40. The molecule has 0 aliphatic rings. The Labute approximate surface area is 63.7 Å². The molecule has 0 saturated carbocycles. The van der Waals surface area contributed by atoms with Crippen molar-refractivity contribution < 1.29 is 4.39 Å². The number of alkyl halides is 1. The molecule has 0 aromatic carbocycles. The maximum absolute atomic E-state index is 12.6. The number of hydrogen-bond acceptors (Lipinski definition) is 2. The van der Waals surface area contributed by atoms with Crippen LogP contribution in [0.4, 0.5) is 4.39 Å². The van der Waals surface area contributed by atoms with Crippen LogP contribution in [0.25, 0.3) is 0 Å². The Morgan fingerprint density at radius 1 is 1.70 bits per heavy atom. The molecule has 3 heteroatoms. The molecule has 1 aromatic heterocycles. The Morgan fingerprint density at radius 2 is 2.50 bits per heavy atom. The Hall–Kier alpha value is -0.410. The molecule has 1 unspecified atom stereocenters. The van der Waals surface area contributed by atoms with Crippen LogP contribution in [0, 0.1) is 0 Å². The highest BCUT2D eigenvalue weighted by Crippen LogP contribution is 2.11. The van der Waals surface area contributed by atoms with Crippen molar-refractivity contribution in [1.82, 2.24) is 0 Å². The van der Waals surface area contributed by atoms with Crippen LogP contribution in [-0.4, -0.2) is 12.7 Å². The Bertz CT molecular complexity index is 174. The van der Waals surface area contributed by atoms with Crippen LogP contribution in [0.2, 0.25) is 0 Å². The van der Waals surface area contributed by atoms with E-state index >= 15 is 0 Å². The number of rotatable bonds is 3. The van der Waals surface area contributed by atoms with Crippen LogP contribution >= 0.6 is 11.3 Å². The smallest absolute Gasteiger partial charge is 0.117 e. The first kappa shape index (κ1) is 7.69. The second-order valence-corrected chi connectivity index (χ2v) is 3.15. The van der Waals surface area contributed by atoms with E-state index in [-0.39, 0.29) is 6.54 Å². The van der Waals surface area contributed by atoms with Crippen molar-refractivity contribution in [2.45, 2.75) is 12.6 Å². The SMILES string of the molecule is NCC(F)Cc1cccs1. The van der Waals surface area contributed by atoms with Crippen molar-refractivity contribution in [1.29, 1.82) is 0 Å². The Balaban J connectivity index is 2.40. The zero-order valence-corrected chi connectivity index (χ0v) is 6.40. The molecule has 0 aliphatic carbocycles. The van der Waals surface area contributed by atoms with Gasteiger partial charge in [-0.2, -0.15) is 0 Å². The molecule has 0 fully saturated rings. The normalized spacial score (nSPS) is 13.4. The minimum atomic E-state index is -0.876. The topological polar surface area (TPSA) is 26.0 Å². The molecule has 56 valence electrons. The standard InChI is InChI=1S/C7H10FNS/c8-6(5-9)4-7-2-1-3-10-7/h1-3,6H,4-5,9H2. The highest BCUT2D eigenvalue weighted by molar-refractivity contribution is 7.09. The van der Waals surface area contributed by atoms with Crippen molar-refractivity contribution in [3.8, 4) is 0 Å². The van der Waals surface area contributed by atoms with Gasteiger partial charge in [-0.05, 0) is 11.4 Å². The third kappa shape index (κ3) is 2.08. The fraction of sp³-hybridized carbons (Fsp3) is 0.429. The Morgan fingerprint density at radius 3 is 3.00 bits per heavy atom. The summed E-state index contributed by atoms with van der Waals surface area (Å²) in [6.07, 6.45) is -0.410. The molecule has 1 nitrogen and oxygen atoms in total. The van der Waals surface area contributed by atoms with Crippen molar-refractivity contribution >= 4 is 11.3 Å². The third-order valence-corrected chi connectivity index (χ3v) is 2.16. The molecular formula is C7H10FNS. The van der Waals surface area contributed by atoms with Gasteiger partial charge in [0.2, 0.25) is 0 Å². The van der Waals surface area contributed by atoms with Crippen LogP contribution in [0.1, 0.15) is 4.88 Å². The van der Waals surface area contributed by atoms with Gasteiger partial charge in [-0.25, -0.2) is 4.39 Å². The van der Waals surface area contributed by atoms with Gasteiger partial charge in [0.05, 0.1) is 0 Å². The van der Waals surface area contributed by atoms with Crippen LogP contribution in [0.15, 0.2) is 17.5 Å². The first-order valence-electron chi connectivity index (χ1n) is 3.19. The summed E-state index contributed by atoms with van der Waals surface area (Å²) in [5.74, 6) is 0. The highest BCUT2D eigenvalue weighted by Gasteiger charge is 2.04. The second-order valence-electron chi connectivity index (χ2n) is 2.12. The van der Waals surface area contributed by atoms with Crippen molar-refractivity contribution in [2.75, 3.05) is 6.54 Å². The molecule has 0 saturated heterocycles. The van der Waals surface area contributed by atoms with Gasteiger partial charge >= 0.3 is 0 Å². The van der Waals surface area contributed by atoms with E-state index in [0.29, 0.717) is 6.42 Å². The summed E-state index contributed by atoms with van der Waals surface area (Å²) in [4.78, 5) is 1.07. The lowest BCUT2D eigenvalue weighted by atomic mass is 10.2. The molecule has 1 rings (SSSR count). The number of halogens is 1. The predicted octanol–water partition coefficient (Wildman–Crippen LogP) is 1.59. The van der Waals surface area contributed by atoms with Crippen molar-refractivity contribution in [3.05, 3.63) is 22.4 Å². The van der Waals surface area contributed by atoms with Gasteiger partial charge in [0.25, 0.3) is 0 Å². The van der Waals surface area contributed by atoms with E-state index in [4.69, 9.17) is 5.73 Å². The minimum absolute atomic E-state index is 0.123. The third-order valence-electron chi connectivity index (χ3n) is 1.26.